The van der Waals surface area contributed by atoms with E-state index in [2.05, 4.69) is 0 Å². The number of aryl methyl sites for hydroxylation is 1. The van der Waals surface area contributed by atoms with Crippen LogP contribution in [0.3, 0.4) is 0 Å². The number of likely N-dealkylation sites (tertiary alicyclic amines) is 1. The van der Waals surface area contributed by atoms with Gasteiger partial charge in [0.2, 0.25) is 0 Å². The lowest BCUT2D eigenvalue weighted by Gasteiger charge is -2.22. The average Bonchev–Trinajstić information content (AvgIpc) is 2.80. The van der Waals surface area contributed by atoms with E-state index in [0.29, 0.717) is 19.6 Å². The highest BCUT2D eigenvalue weighted by Crippen LogP contribution is 2.32. The Hall–Kier alpha value is -1.73. The van der Waals surface area contributed by atoms with Crippen LogP contribution in [0.1, 0.15) is 29.3 Å². The van der Waals surface area contributed by atoms with Crippen LogP contribution in [0.2, 0.25) is 0 Å². The molecule has 1 aliphatic rings. The lowest BCUT2D eigenvalue weighted by molar-refractivity contribution is -0.385. The van der Waals surface area contributed by atoms with E-state index in [-0.39, 0.29) is 34.6 Å². The van der Waals surface area contributed by atoms with E-state index in [1.165, 1.54) is 11.8 Å². The molecule has 1 heterocycles. The molecule has 1 aliphatic heterocycles. The fraction of sp³-hybridized carbons (Fsp3) is 0.500. The topological polar surface area (TPSA) is 89.5 Å². The Labute approximate surface area is 134 Å². The first-order valence-corrected chi connectivity index (χ1v) is 6.71. The molecule has 0 aromatic heterocycles. The van der Waals surface area contributed by atoms with Crippen LogP contribution in [-0.2, 0) is 0 Å². The smallest absolute Gasteiger partial charge is 0.285 e. The Morgan fingerprint density at radius 3 is 2.68 bits per heavy atom. The zero-order valence-corrected chi connectivity index (χ0v) is 13.3. The number of nitrogens with two attached hydrogens (primary N) is 1. The Kier molecular flexibility index (Phi) is 5.48. The highest BCUT2D eigenvalue weighted by molar-refractivity contribution is 5.98. The van der Waals surface area contributed by atoms with Crippen LogP contribution in [0.5, 0.6) is 0 Å². The van der Waals surface area contributed by atoms with E-state index in [9.17, 15) is 19.3 Å². The first-order valence-electron chi connectivity index (χ1n) is 6.71. The van der Waals surface area contributed by atoms with Gasteiger partial charge in [-0.2, -0.15) is 0 Å². The second kappa shape index (κ2) is 6.58. The highest BCUT2D eigenvalue weighted by Gasteiger charge is 2.37. The van der Waals surface area contributed by atoms with Gasteiger partial charge in [0.1, 0.15) is 11.4 Å². The predicted octanol–water partition coefficient (Wildman–Crippen LogP) is 2.28. The molecule has 0 spiro atoms. The molecule has 1 atom stereocenters. The minimum absolute atomic E-state index is 0. The number of nitrogens with zero attached hydrogens (tertiary/aromatic N) is 2. The SMILES string of the molecule is Cc1cc(F)cc(C(=O)N2CCC(C)(CN)C2)c1[N+](=O)[O-].Cl. The van der Waals surface area contributed by atoms with Gasteiger partial charge in [0, 0.05) is 18.7 Å². The number of halogens is 2. The van der Waals surface area contributed by atoms with Gasteiger partial charge in [0.15, 0.2) is 0 Å². The van der Waals surface area contributed by atoms with Crippen LogP contribution in [-0.4, -0.2) is 35.4 Å². The second-order valence-corrected chi connectivity index (χ2v) is 5.87. The van der Waals surface area contributed by atoms with Crippen LogP contribution in [0.15, 0.2) is 12.1 Å². The van der Waals surface area contributed by atoms with Gasteiger partial charge in [0.05, 0.1) is 4.92 Å². The summed E-state index contributed by atoms with van der Waals surface area (Å²) < 4.78 is 13.5. The van der Waals surface area contributed by atoms with Gasteiger partial charge in [-0.1, -0.05) is 6.92 Å². The molecule has 2 N–H and O–H groups in total. The minimum Gasteiger partial charge on any atom is -0.338 e. The number of carbonyl (C=O) groups is 1. The largest absolute Gasteiger partial charge is 0.338 e. The van der Waals surface area contributed by atoms with Crippen molar-refractivity contribution in [1.82, 2.24) is 4.90 Å². The molecule has 0 radical (unpaired) electrons. The average molecular weight is 332 g/mol. The Morgan fingerprint density at radius 2 is 2.18 bits per heavy atom. The lowest BCUT2D eigenvalue weighted by atomic mass is 9.90. The Morgan fingerprint density at radius 1 is 1.55 bits per heavy atom. The summed E-state index contributed by atoms with van der Waals surface area (Å²) in [5.74, 6) is -1.16. The molecule has 1 amide bonds. The highest BCUT2D eigenvalue weighted by atomic mass is 35.5. The van der Waals surface area contributed by atoms with Gasteiger partial charge >= 0.3 is 0 Å². The predicted molar refractivity (Wildman–Crippen MR) is 82.7 cm³/mol. The van der Waals surface area contributed by atoms with Crippen molar-refractivity contribution in [2.24, 2.45) is 11.1 Å². The maximum atomic E-state index is 13.5. The molecule has 22 heavy (non-hydrogen) atoms. The number of amides is 1. The van der Waals surface area contributed by atoms with Gasteiger partial charge in [-0.15, -0.1) is 12.4 Å². The number of carbonyl (C=O) groups excluding carboxylic acids is 1. The standard InChI is InChI=1S/C14H18FN3O3.ClH/c1-9-5-10(15)6-11(12(9)18(20)21)13(19)17-4-3-14(2,7-16)8-17;/h5-6H,3-4,7-8,16H2,1-2H3;1H. The van der Waals surface area contributed by atoms with Crippen LogP contribution >= 0.6 is 12.4 Å². The summed E-state index contributed by atoms with van der Waals surface area (Å²) in [7, 11) is 0. The molecule has 1 aromatic rings. The molecule has 0 aliphatic carbocycles. The van der Waals surface area contributed by atoms with Crippen molar-refractivity contribution < 1.29 is 14.1 Å². The third kappa shape index (κ3) is 3.36. The lowest BCUT2D eigenvalue weighted by Crippen LogP contribution is -2.34. The van der Waals surface area contributed by atoms with E-state index < -0.39 is 16.6 Å². The molecular formula is C14H19ClFN3O3. The zero-order valence-electron chi connectivity index (χ0n) is 12.5. The summed E-state index contributed by atoms with van der Waals surface area (Å²) in [6.07, 6.45) is 0.733. The van der Waals surface area contributed by atoms with Crippen molar-refractivity contribution in [3.63, 3.8) is 0 Å². The van der Waals surface area contributed by atoms with Gasteiger partial charge in [-0.3, -0.25) is 14.9 Å². The fourth-order valence-corrected chi connectivity index (χ4v) is 2.67. The van der Waals surface area contributed by atoms with Crippen molar-refractivity contribution in [2.75, 3.05) is 19.6 Å². The van der Waals surface area contributed by atoms with Crippen molar-refractivity contribution >= 4 is 24.0 Å². The number of nitro groups is 1. The number of hydrogen-bond acceptors (Lipinski definition) is 4. The summed E-state index contributed by atoms with van der Waals surface area (Å²) >= 11 is 0. The van der Waals surface area contributed by atoms with E-state index in [1.807, 2.05) is 6.92 Å². The molecule has 1 aromatic carbocycles. The molecule has 2 rings (SSSR count). The van der Waals surface area contributed by atoms with E-state index in [4.69, 9.17) is 5.73 Å². The van der Waals surface area contributed by atoms with Crippen LogP contribution in [0, 0.1) is 28.3 Å². The van der Waals surface area contributed by atoms with Crippen molar-refractivity contribution in [2.45, 2.75) is 20.3 Å². The van der Waals surface area contributed by atoms with E-state index in [0.717, 1.165) is 18.6 Å². The van der Waals surface area contributed by atoms with E-state index in [1.54, 1.807) is 0 Å². The van der Waals surface area contributed by atoms with Crippen LogP contribution in [0.25, 0.3) is 0 Å². The molecule has 1 unspecified atom stereocenters. The quantitative estimate of drug-likeness (QED) is 0.679. The maximum absolute atomic E-state index is 13.5. The molecule has 0 saturated carbocycles. The molecule has 1 fully saturated rings. The second-order valence-electron chi connectivity index (χ2n) is 5.87. The molecule has 6 nitrogen and oxygen atoms in total. The number of benzene rings is 1. The summed E-state index contributed by atoms with van der Waals surface area (Å²) in [5.41, 5.74) is 5.12. The van der Waals surface area contributed by atoms with Crippen molar-refractivity contribution in [3.8, 4) is 0 Å². The van der Waals surface area contributed by atoms with Crippen LogP contribution < -0.4 is 5.73 Å². The molecule has 1 saturated heterocycles. The number of hydrogen-bond donors (Lipinski definition) is 1. The first-order chi connectivity index (χ1) is 9.77. The maximum Gasteiger partial charge on any atom is 0.285 e. The van der Waals surface area contributed by atoms with Gasteiger partial charge < -0.3 is 10.6 Å². The summed E-state index contributed by atoms with van der Waals surface area (Å²) in [4.78, 5) is 24.5. The molecular weight excluding hydrogens is 313 g/mol. The monoisotopic (exact) mass is 331 g/mol. The number of rotatable bonds is 3. The van der Waals surface area contributed by atoms with Gasteiger partial charge in [-0.05, 0) is 37.4 Å². The van der Waals surface area contributed by atoms with Crippen LogP contribution in [0.4, 0.5) is 10.1 Å². The third-order valence-corrected chi connectivity index (χ3v) is 4.02. The molecule has 122 valence electrons. The van der Waals surface area contributed by atoms with Gasteiger partial charge in [-0.25, -0.2) is 4.39 Å². The summed E-state index contributed by atoms with van der Waals surface area (Å²) in [6, 6.07) is 1.99. The Balaban J connectivity index is 0.00000242. The zero-order chi connectivity index (χ0) is 15.8. The molecule has 0 bridgehead atoms. The van der Waals surface area contributed by atoms with Crippen molar-refractivity contribution in [1.29, 1.82) is 0 Å². The summed E-state index contributed by atoms with van der Waals surface area (Å²) in [5, 5.41) is 11.1. The Bertz CT molecular complexity index is 611. The minimum atomic E-state index is -0.651. The molecule has 8 heteroatoms. The number of nitro benzene ring substituents is 1. The fourth-order valence-electron chi connectivity index (χ4n) is 2.67. The summed E-state index contributed by atoms with van der Waals surface area (Å²) in [6.45, 7) is 4.72. The van der Waals surface area contributed by atoms with E-state index >= 15 is 0 Å². The first kappa shape index (κ1) is 18.3. The third-order valence-electron chi connectivity index (χ3n) is 4.02. The van der Waals surface area contributed by atoms with Crippen molar-refractivity contribution in [3.05, 3.63) is 39.2 Å². The van der Waals surface area contributed by atoms with Gasteiger partial charge in [0.25, 0.3) is 11.6 Å². The normalized spacial score (nSPS) is 20.6.